The molecule has 4 nitrogen and oxygen atoms in total. The molecule has 2 N–H and O–H groups in total. The first kappa shape index (κ1) is 22.8. The van der Waals surface area contributed by atoms with Crippen LogP contribution >= 0.6 is 0 Å². The Kier molecular flexibility index (Phi) is 5.82. The Balaban J connectivity index is 1.41. The van der Waals surface area contributed by atoms with Crippen LogP contribution < -0.4 is 5.32 Å². The molecule has 2 bridgehead atoms. The molecular weight excluding hydrogens is 443 g/mol. The van der Waals surface area contributed by atoms with Crippen molar-refractivity contribution in [1.29, 1.82) is 0 Å². The number of halogens is 3. The van der Waals surface area contributed by atoms with Gasteiger partial charge >= 0.3 is 6.18 Å². The summed E-state index contributed by atoms with van der Waals surface area (Å²) in [5.74, 6) is 2.28. The number of anilines is 1. The molecule has 1 heterocycles. The van der Waals surface area contributed by atoms with Crippen LogP contribution in [0.2, 0.25) is 0 Å². The van der Waals surface area contributed by atoms with Crippen molar-refractivity contribution in [3.8, 4) is 5.75 Å². The maximum atomic E-state index is 13.2. The summed E-state index contributed by atoms with van der Waals surface area (Å²) < 4.78 is 44.4. The van der Waals surface area contributed by atoms with Gasteiger partial charge in [-0.3, -0.25) is 4.79 Å². The van der Waals surface area contributed by atoms with Crippen LogP contribution in [-0.4, -0.2) is 11.0 Å². The fourth-order valence-electron chi connectivity index (χ4n) is 6.03. The number of aryl methyl sites for hydroxylation is 2. The normalized spacial score (nSPS) is 22.3. The number of nitrogens with one attached hydrogen (secondary N) is 1. The number of furan rings is 1. The first-order valence-corrected chi connectivity index (χ1v) is 11.9. The second-order valence-corrected chi connectivity index (χ2v) is 9.81. The van der Waals surface area contributed by atoms with Gasteiger partial charge in [-0.05, 0) is 93.2 Å². The number of hydrogen-bond acceptors (Lipinski definition) is 3. The number of carbonyl (C=O) groups is 1. The molecule has 3 saturated carbocycles. The molecule has 0 saturated heterocycles. The van der Waals surface area contributed by atoms with Crippen molar-refractivity contribution in [1.82, 2.24) is 0 Å². The molecule has 7 heteroatoms. The average Bonchev–Trinajstić information content (AvgIpc) is 3.15. The van der Waals surface area contributed by atoms with E-state index in [9.17, 15) is 23.1 Å². The molecule has 6 rings (SSSR count). The molecule has 0 radical (unpaired) electrons. The number of aromatic hydroxyl groups is 1. The van der Waals surface area contributed by atoms with Crippen molar-refractivity contribution in [2.45, 2.75) is 58.0 Å². The van der Waals surface area contributed by atoms with Gasteiger partial charge in [-0.2, -0.15) is 13.2 Å². The highest BCUT2D eigenvalue weighted by atomic mass is 19.4. The third kappa shape index (κ3) is 4.28. The maximum Gasteiger partial charge on any atom is 0.416 e. The van der Waals surface area contributed by atoms with Crippen LogP contribution in [0.1, 0.15) is 65.8 Å². The number of phenols is 1. The molecule has 3 aromatic rings. The van der Waals surface area contributed by atoms with Crippen molar-refractivity contribution in [3.05, 3.63) is 58.8 Å². The Labute approximate surface area is 196 Å². The highest BCUT2D eigenvalue weighted by Gasteiger charge is 2.35. The topological polar surface area (TPSA) is 62.5 Å². The second-order valence-electron chi connectivity index (χ2n) is 9.81. The molecule has 3 fully saturated rings. The van der Waals surface area contributed by atoms with Gasteiger partial charge in [0.2, 0.25) is 0 Å². The Hall–Kier alpha value is -2.96. The van der Waals surface area contributed by atoms with Crippen molar-refractivity contribution >= 4 is 22.6 Å². The summed E-state index contributed by atoms with van der Waals surface area (Å²) in [5, 5.41) is 14.0. The van der Waals surface area contributed by atoms with Crippen molar-refractivity contribution in [2.75, 3.05) is 5.32 Å². The molecule has 1 aromatic heterocycles. The van der Waals surface area contributed by atoms with Gasteiger partial charge in [-0.25, -0.2) is 0 Å². The van der Waals surface area contributed by atoms with Gasteiger partial charge in [0.05, 0.1) is 11.1 Å². The van der Waals surface area contributed by atoms with Crippen LogP contribution in [-0.2, 0) is 12.6 Å². The largest absolute Gasteiger partial charge is 0.508 e. The zero-order chi connectivity index (χ0) is 24.0. The van der Waals surface area contributed by atoms with Crippen LogP contribution in [0.3, 0.4) is 0 Å². The van der Waals surface area contributed by atoms with Crippen molar-refractivity contribution < 1.29 is 27.5 Å². The fourth-order valence-corrected chi connectivity index (χ4v) is 6.03. The summed E-state index contributed by atoms with van der Waals surface area (Å²) >= 11 is 0. The number of fused-ring (bicyclic) bond motifs is 4. The van der Waals surface area contributed by atoms with E-state index in [-0.39, 0.29) is 11.4 Å². The van der Waals surface area contributed by atoms with Gasteiger partial charge in [0.15, 0.2) is 0 Å². The lowest BCUT2D eigenvalue weighted by Gasteiger charge is -2.42. The van der Waals surface area contributed by atoms with Crippen LogP contribution in [0.15, 0.2) is 40.8 Å². The van der Waals surface area contributed by atoms with E-state index in [1.807, 2.05) is 0 Å². The summed E-state index contributed by atoms with van der Waals surface area (Å²) in [6.45, 7) is 1.68. The lowest BCUT2D eigenvalue weighted by Crippen LogP contribution is -2.31. The fraction of sp³-hybridized carbons (Fsp3) is 0.444. The highest BCUT2D eigenvalue weighted by Crippen LogP contribution is 2.47. The Morgan fingerprint density at radius 1 is 1.09 bits per heavy atom. The van der Waals surface area contributed by atoms with E-state index in [2.05, 4.69) is 5.32 Å². The van der Waals surface area contributed by atoms with E-state index in [0.29, 0.717) is 40.2 Å². The maximum absolute atomic E-state index is 13.2. The zero-order valence-electron chi connectivity index (χ0n) is 19.0. The van der Waals surface area contributed by atoms with Crippen LogP contribution in [0, 0.1) is 24.7 Å². The minimum absolute atomic E-state index is 0.137. The molecule has 0 spiro atoms. The first-order valence-electron chi connectivity index (χ1n) is 11.9. The minimum atomic E-state index is -4.44. The van der Waals surface area contributed by atoms with Gasteiger partial charge in [0.25, 0.3) is 5.91 Å². The number of alkyl halides is 3. The van der Waals surface area contributed by atoms with Gasteiger partial charge in [0, 0.05) is 16.6 Å². The molecule has 1 atom stereocenters. The van der Waals surface area contributed by atoms with Gasteiger partial charge in [-0.15, -0.1) is 0 Å². The number of rotatable bonds is 5. The smallest absolute Gasteiger partial charge is 0.416 e. The number of carbonyl (C=O) groups excluding carboxylic acids is 1. The van der Waals surface area contributed by atoms with Gasteiger partial charge in [-0.1, -0.05) is 12.8 Å². The van der Waals surface area contributed by atoms with E-state index in [1.165, 1.54) is 44.2 Å². The second kappa shape index (κ2) is 8.67. The van der Waals surface area contributed by atoms with E-state index in [4.69, 9.17) is 4.42 Å². The van der Waals surface area contributed by atoms with Gasteiger partial charge < -0.3 is 14.8 Å². The molecule has 3 aliphatic carbocycles. The Morgan fingerprint density at radius 2 is 1.79 bits per heavy atom. The molecule has 1 unspecified atom stereocenters. The first-order chi connectivity index (χ1) is 16.2. The third-order valence-corrected chi connectivity index (χ3v) is 7.77. The van der Waals surface area contributed by atoms with Crippen LogP contribution in [0.25, 0.3) is 11.0 Å². The molecule has 180 valence electrons. The standard InChI is InChI=1S/C27H28F3NO3/c1-15-24(26(33)31-20-9-7-19(8-10-20)27(28,29)30)25-21(22(32)12-13-23(25)34-15)11-6-18-14-16-2-4-17(18)5-3-16/h7-10,12-13,16-18,32H,2-6,11,14H2,1H3,(H,31,33). The third-order valence-electron chi connectivity index (χ3n) is 7.77. The SMILES string of the molecule is Cc1oc2ccc(O)c(CCC3CC4CCC3CC4)c2c1C(=O)Nc1ccc(C(F)(F)F)cc1. The van der Waals surface area contributed by atoms with E-state index >= 15 is 0 Å². The predicted octanol–water partition coefficient (Wildman–Crippen LogP) is 7.48. The molecule has 1 amide bonds. The summed E-state index contributed by atoms with van der Waals surface area (Å²) in [5.41, 5.74) is 1.01. The highest BCUT2D eigenvalue weighted by molar-refractivity contribution is 6.14. The average molecular weight is 472 g/mol. The zero-order valence-corrected chi connectivity index (χ0v) is 19.0. The summed E-state index contributed by atoms with van der Waals surface area (Å²) in [6, 6.07) is 7.59. The van der Waals surface area contributed by atoms with E-state index in [0.717, 1.165) is 30.4 Å². The van der Waals surface area contributed by atoms with Crippen LogP contribution in [0.4, 0.5) is 18.9 Å². The molecule has 3 aliphatic rings. The van der Waals surface area contributed by atoms with Crippen molar-refractivity contribution in [2.24, 2.45) is 17.8 Å². The summed E-state index contributed by atoms with van der Waals surface area (Å²) in [6.07, 6.45) is 3.65. The lowest BCUT2D eigenvalue weighted by atomic mass is 9.63. The Morgan fingerprint density at radius 3 is 2.41 bits per heavy atom. The molecule has 2 aromatic carbocycles. The van der Waals surface area contributed by atoms with Crippen molar-refractivity contribution in [3.63, 3.8) is 0 Å². The number of phenolic OH excluding ortho intramolecular Hbond substituents is 1. The molecule has 34 heavy (non-hydrogen) atoms. The number of benzene rings is 2. The monoisotopic (exact) mass is 471 g/mol. The van der Waals surface area contributed by atoms with Crippen LogP contribution in [0.5, 0.6) is 5.75 Å². The van der Waals surface area contributed by atoms with E-state index in [1.54, 1.807) is 19.1 Å². The lowest BCUT2D eigenvalue weighted by molar-refractivity contribution is -0.137. The molecule has 0 aliphatic heterocycles. The minimum Gasteiger partial charge on any atom is -0.508 e. The number of amides is 1. The quantitative estimate of drug-likeness (QED) is 0.406. The Bertz CT molecular complexity index is 1200. The van der Waals surface area contributed by atoms with E-state index < -0.39 is 17.6 Å². The summed E-state index contributed by atoms with van der Waals surface area (Å²) in [4.78, 5) is 13.2. The number of hydrogen-bond donors (Lipinski definition) is 2. The predicted molar refractivity (Wildman–Crippen MR) is 124 cm³/mol. The molecular formula is C27H28F3NO3. The van der Waals surface area contributed by atoms with Gasteiger partial charge in [0.1, 0.15) is 17.1 Å². The summed E-state index contributed by atoms with van der Waals surface area (Å²) in [7, 11) is 0.